The van der Waals surface area contributed by atoms with Crippen LogP contribution in [-0.2, 0) is 16.1 Å². The first-order valence-corrected chi connectivity index (χ1v) is 7.91. The van der Waals surface area contributed by atoms with Crippen molar-refractivity contribution in [3.05, 3.63) is 40.7 Å². The van der Waals surface area contributed by atoms with Crippen molar-refractivity contribution in [2.45, 2.75) is 6.54 Å². The van der Waals surface area contributed by atoms with Crippen LogP contribution in [0.1, 0.15) is 0 Å². The fraction of sp³-hybridized carbons (Fsp3) is 0.353. The second kappa shape index (κ2) is 7.80. The van der Waals surface area contributed by atoms with E-state index in [0.717, 1.165) is 10.2 Å². The minimum Gasteiger partial charge on any atom is -0.486 e. The average Bonchev–Trinajstić information content (AvgIpc) is 2.63. The number of hydrogen-bond donors (Lipinski definition) is 1. The summed E-state index contributed by atoms with van der Waals surface area (Å²) in [7, 11) is 1.55. The van der Waals surface area contributed by atoms with Crippen LogP contribution in [-0.4, -0.2) is 49.2 Å². The summed E-state index contributed by atoms with van der Waals surface area (Å²) in [6, 6.07) is 8.46. The highest BCUT2D eigenvalue weighted by atomic mass is 16.6. The maximum Gasteiger partial charge on any atom is 0.267 e. The monoisotopic (exact) mass is 345 g/mol. The number of benzene rings is 1. The summed E-state index contributed by atoms with van der Waals surface area (Å²) in [5.74, 6) is 1.02. The molecule has 1 aromatic heterocycles. The van der Waals surface area contributed by atoms with Gasteiger partial charge in [0.1, 0.15) is 19.8 Å². The molecule has 0 aliphatic carbocycles. The average molecular weight is 345 g/mol. The molecule has 3 rings (SSSR count). The van der Waals surface area contributed by atoms with Crippen LogP contribution in [0.25, 0.3) is 11.3 Å². The number of carbonyl (C=O) groups excluding carboxylic acids is 1. The van der Waals surface area contributed by atoms with Gasteiger partial charge in [0.2, 0.25) is 5.91 Å². The van der Waals surface area contributed by atoms with Crippen molar-refractivity contribution in [3.8, 4) is 22.8 Å². The van der Waals surface area contributed by atoms with E-state index in [1.54, 1.807) is 19.2 Å². The predicted molar refractivity (Wildman–Crippen MR) is 89.8 cm³/mol. The molecule has 0 bridgehead atoms. The second-order valence-electron chi connectivity index (χ2n) is 5.42. The number of ether oxygens (including phenoxy) is 3. The van der Waals surface area contributed by atoms with Crippen molar-refractivity contribution >= 4 is 5.91 Å². The number of aromatic nitrogens is 2. The third-order valence-corrected chi connectivity index (χ3v) is 3.63. The molecular weight excluding hydrogens is 326 g/mol. The molecule has 0 spiro atoms. The standard InChI is InChI=1S/C17H19N3O5/c1-23-7-6-18-16(21)11-20-17(22)5-3-13(19-20)12-2-4-14-15(10-12)25-9-8-24-14/h2-5,10H,6-9,11H2,1H3,(H,18,21). The van der Waals surface area contributed by atoms with Crippen molar-refractivity contribution in [1.82, 2.24) is 15.1 Å². The summed E-state index contributed by atoms with van der Waals surface area (Å²) in [5.41, 5.74) is 1.00. The Morgan fingerprint density at radius 3 is 2.84 bits per heavy atom. The molecule has 25 heavy (non-hydrogen) atoms. The molecule has 0 unspecified atom stereocenters. The van der Waals surface area contributed by atoms with Gasteiger partial charge in [-0.2, -0.15) is 5.10 Å². The van der Waals surface area contributed by atoms with Crippen LogP contribution in [0.15, 0.2) is 35.1 Å². The number of carbonyl (C=O) groups is 1. The Kier molecular flexibility index (Phi) is 5.30. The van der Waals surface area contributed by atoms with Crippen LogP contribution in [0.3, 0.4) is 0 Å². The number of nitrogens with zero attached hydrogens (tertiary/aromatic N) is 2. The Morgan fingerprint density at radius 2 is 2.04 bits per heavy atom. The summed E-state index contributed by atoms with van der Waals surface area (Å²) < 4.78 is 17.1. The zero-order valence-electron chi connectivity index (χ0n) is 13.9. The van der Waals surface area contributed by atoms with Crippen LogP contribution in [0.2, 0.25) is 0 Å². The van der Waals surface area contributed by atoms with E-state index in [0.29, 0.717) is 43.6 Å². The lowest BCUT2D eigenvalue weighted by Crippen LogP contribution is -2.35. The SMILES string of the molecule is COCCNC(=O)Cn1nc(-c2ccc3c(c2)OCCO3)ccc1=O. The van der Waals surface area contributed by atoms with Gasteiger partial charge in [-0.15, -0.1) is 0 Å². The molecule has 1 aliphatic heterocycles. The summed E-state index contributed by atoms with van der Waals surface area (Å²) >= 11 is 0. The number of amides is 1. The minimum atomic E-state index is -0.344. The van der Waals surface area contributed by atoms with Gasteiger partial charge in [0.25, 0.3) is 5.56 Å². The zero-order valence-corrected chi connectivity index (χ0v) is 13.9. The molecule has 0 atom stereocenters. The fourth-order valence-electron chi connectivity index (χ4n) is 2.40. The summed E-state index contributed by atoms with van der Waals surface area (Å²) in [6.45, 7) is 1.65. The molecule has 8 nitrogen and oxygen atoms in total. The molecule has 1 aromatic carbocycles. The van der Waals surface area contributed by atoms with Gasteiger partial charge < -0.3 is 19.5 Å². The quantitative estimate of drug-likeness (QED) is 0.764. The van der Waals surface area contributed by atoms with E-state index in [4.69, 9.17) is 14.2 Å². The molecule has 8 heteroatoms. The molecule has 1 aliphatic rings. The zero-order chi connectivity index (χ0) is 17.6. The Hall–Kier alpha value is -2.87. The molecule has 0 saturated carbocycles. The minimum absolute atomic E-state index is 0.152. The second-order valence-corrected chi connectivity index (χ2v) is 5.42. The molecule has 2 aromatic rings. The molecule has 1 N–H and O–H groups in total. The van der Waals surface area contributed by atoms with E-state index in [1.165, 1.54) is 6.07 Å². The van der Waals surface area contributed by atoms with Gasteiger partial charge in [0.05, 0.1) is 12.3 Å². The Labute approximate surface area is 144 Å². The lowest BCUT2D eigenvalue weighted by atomic mass is 10.1. The summed E-state index contributed by atoms with van der Waals surface area (Å²) in [5, 5.41) is 6.93. The van der Waals surface area contributed by atoms with E-state index in [1.807, 2.05) is 12.1 Å². The van der Waals surface area contributed by atoms with Crippen molar-refractivity contribution in [3.63, 3.8) is 0 Å². The Balaban J connectivity index is 1.79. The summed E-state index contributed by atoms with van der Waals surface area (Å²) in [4.78, 5) is 23.8. The van der Waals surface area contributed by atoms with Crippen molar-refractivity contribution < 1.29 is 19.0 Å². The Morgan fingerprint density at radius 1 is 1.24 bits per heavy atom. The normalized spacial score (nSPS) is 12.7. The van der Waals surface area contributed by atoms with Crippen molar-refractivity contribution in [2.24, 2.45) is 0 Å². The topological polar surface area (TPSA) is 91.7 Å². The number of nitrogens with one attached hydrogen (secondary N) is 1. The number of hydrogen-bond acceptors (Lipinski definition) is 6. The molecule has 0 radical (unpaired) electrons. The molecule has 132 valence electrons. The highest BCUT2D eigenvalue weighted by Gasteiger charge is 2.14. The predicted octanol–water partition coefficient (Wildman–Crippen LogP) is 0.444. The van der Waals surface area contributed by atoms with Gasteiger partial charge in [-0.25, -0.2) is 4.68 Å². The van der Waals surface area contributed by atoms with E-state index in [-0.39, 0.29) is 18.0 Å². The first-order chi connectivity index (χ1) is 12.2. The smallest absolute Gasteiger partial charge is 0.267 e. The van der Waals surface area contributed by atoms with Crippen LogP contribution in [0.5, 0.6) is 11.5 Å². The van der Waals surface area contributed by atoms with Crippen LogP contribution in [0.4, 0.5) is 0 Å². The first-order valence-electron chi connectivity index (χ1n) is 7.91. The van der Waals surface area contributed by atoms with Gasteiger partial charge in [0.15, 0.2) is 11.5 Å². The van der Waals surface area contributed by atoms with Gasteiger partial charge in [-0.05, 0) is 24.3 Å². The van der Waals surface area contributed by atoms with Gasteiger partial charge >= 0.3 is 0 Å². The van der Waals surface area contributed by atoms with Crippen molar-refractivity contribution in [1.29, 1.82) is 0 Å². The highest BCUT2D eigenvalue weighted by molar-refractivity contribution is 5.75. The largest absolute Gasteiger partial charge is 0.486 e. The number of fused-ring (bicyclic) bond motifs is 1. The van der Waals surface area contributed by atoms with E-state index in [2.05, 4.69) is 10.4 Å². The maximum absolute atomic E-state index is 12.0. The molecule has 2 heterocycles. The van der Waals surface area contributed by atoms with Crippen LogP contribution >= 0.6 is 0 Å². The van der Waals surface area contributed by atoms with Crippen LogP contribution < -0.4 is 20.3 Å². The summed E-state index contributed by atoms with van der Waals surface area (Å²) in [6.07, 6.45) is 0. The molecular formula is C17H19N3O5. The molecule has 1 amide bonds. The number of rotatable bonds is 6. The van der Waals surface area contributed by atoms with E-state index >= 15 is 0 Å². The first kappa shape index (κ1) is 17.0. The maximum atomic E-state index is 12.0. The molecule has 0 fully saturated rings. The third-order valence-electron chi connectivity index (χ3n) is 3.63. The molecule has 0 saturated heterocycles. The Bertz CT molecular complexity index is 818. The van der Waals surface area contributed by atoms with E-state index < -0.39 is 0 Å². The van der Waals surface area contributed by atoms with Gasteiger partial charge in [0, 0.05) is 25.3 Å². The van der Waals surface area contributed by atoms with Gasteiger partial charge in [-0.3, -0.25) is 9.59 Å². The highest BCUT2D eigenvalue weighted by Crippen LogP contribution is 2.33. The lowest BCUT2D eigenvalue weighted by Gasteiger charge is -2.18. The fourth-order valence-corrected chi connectivity index (χ4v) is 2.40. The van der Waals surface area contributed by atoms with Crippen LogP contribution in [0, 0.1) is 0 Å². The van der Waals surface area contributed by atoms with Gasteiger partial charge in [-0.1, -0.05) is 0 Å². The lowest BCUT2D eigenvalue weighted by molar-refractivity contribution is -0.122. The third kappa shape index (κ3) is 4.16. The number of methoxy groups -OCH3 is 1. The van der Waals surface area contributed by atoms with E-state index in [9.17, 15) is 9.59 Å². The van der Waals surface area contributed by atoms with Crippen molar-refractivity contribution in [2.75, 3.05) is 33.5 Å².